The van der Waals surface area contributed by atoms with Gasteiger partial charge in [-0.05, 0) is 7.05 Å². The number of hydrogen-bond acceptors (Lipinski definition) is 4. The lowest BCUT2D eigenvalue weighted by molar-refractivity contribution is 0.0696. The number of nitrogens with zero attached hydrogens (tertiary/aromatic N) is 2. The third-order valence-electron chi connectivity index (χ3n) is 2.11. The summed E-state index contributed by atoms with van der Waals surface area (Å²) in [7, 11) is 2.03. The van der Waals surface area contributed by atoms with Crippen LogP contribution in [0.3, 0.4) is 0 Å². The maximum absolute atomic E-state index is 10.6. The van der Waals surface area contributed by atoms with E-state index in [9.17, 15) is 4.79 Å². The minimum atomic E-state index is -0.915. The molecule has 14 heavy (non-hydrogen) atoms. The predicted octanol–water partition coefficient (Wildman–Crippen LogP) is 1.47. The van der Waals surface area contributed by atoms with Crippen molar-refractivity contribution in [1.29, 1.82) is 0 Å². The van der Waals surface area contributed by atoms with Crippen LogP contribution in [0.1, 0.15) is 27.8 Å². The van der Waals surface area contributed by atoms with Gasteiger partial charge in [-0.2, -0.15) is 0 Å². The van der Waals surface area contributed by atoms with Crippen LogP contribution >= 0.6 is 11.3 Å². The summed E-state index contributed by atoms with van der Waals surface area (Å²) in [6, 6.07) is 0. The van der Waals surface area contributed by atoms with Gasteiger partial charge in [0.05, 0.1) is 5.69 Å². The van der Waals surface area contributed by atoms with Crippen LogP contribution in [0.25, 0.3) is 0 Å². The van der Waals surface area contributed by atoms with Crippen LogP contribution in [0.5, 0.6) is 0 Å². The molecular formula is C9H14N2O2S. The smallest absolute Gasteiger partial charge is 0.365 e. The molecule has 1 aromatic rings. The van der Waals surface area contributed by atoms with Gasteiger partial charge in [0.1, 0.15) is 0 Å². The van der Waals surface area contributed by atoms with Gasteiger partial charge < -0.3 is 10.0 Å². The summed E-state index contributed by atoms with van der Waals surface area (Å²) >= 11 is 1.29. The van der Waals surface area contributed by atoms with E-state index in [2.05, 4.69) is 9.88 Å². The molecule has 1 aromatic heterocycles. The number of thiazole rings is 1. The van der Waals surface area contributed by atoms with Crippen molar-refractivity contribution >= 4 is 17.3 Å². The first kappa shape index (κ1) is 11.1. The molecule has 0 atom stereocenters. The van der Waals surface area contributed by atoms with E-state index in [1.165, 1.54) is 11.3 Å². The normalized spacial score (nSPS) is 15.8. The number of fused-ring (bicyclic) bond motifs is 1. The van der Waals surface area contributed by atoms with Crippen LogP contribution in [0.4, 0.5) is 0 Å². The van der Waals surface area contributed by atoms with Crippen molar-refractivity contribution in [1.82, 2.24) is 9.88 Å². The van der Waals surface area contributed by atoms with E-state index >= 15 is 0 Å². The highest BCUT2D eigenvalue weighted by molar-refractivity contribution is 7.13. The molecule has 2 rings (SSSR count). The molecule has 4 nitrogen and oxygen atoms in total. The lowest BCUT2D eigenvalue weighted by Gasteiger charge is -2.20. The molecule has 0 aliphatic carbocycles. The van der Waals surface area contributed by atoms with Crippen molar-refractivity contribution in [3.05, 3.63) is 15.6 Å². The first-order valence-electron chi connectivity index (χ1n) is 4.07. The molecule has 0 amide bonds. The first-order valence-corrected chi connectivity index (χ1v) is 4.89. The molecule has 0 bridgehead atoms. The molecule has 5 heteroatoms. The fourth-order valence-electron chi connectivity index (χ4n) is 1.41. The molecule has 0 radical (unpaired) electrons. The Bertz CT molecular complexity index is 349. The van der Waals surface area contributed by atoms with Gasteiger partial charge in [-0.3, -0.25) is 0 Å². The van der Waals surface area contributed by atoms with Crippen LogP contribution < -0.4 is 0 Å². The highest BCUT2D eigenvalue weighted by Crippen LogP contribution is 2.24. The predicted molar refractivity (Wildman–Crippen MR) is 55.8 cm³/mol. The van der Waals surface area contributed by atoms with Crippen molar-refractivity contribution in [2.24, 2.45) is 0 Å². The summed E-state index contributed by atoms with van der Waals surface area (Å²) in [5.74, 6) is -0.915. The molecule has 2 heterocycles. The summed E-state index contributed by atoms with van der Waals surface area (Å²) in [6.07, 6.45) is 0.871. The molecule has 0 saturated heterocycles. The van der Waals surface area contributed by atoms with Gasteiger partial charge in [0.15, 0.2) is 0 Å². The molecule has 1 aliphatic rings. The lowest BCUT2D eigenvalue weighted by atomic mass is 10.2. The van der Waals surface area contributed by atoms with E-state index in [1.807, 2.05) is 7.05 Å². The fourth-order valence-corrected chi connectivity index (χ4v) is 2.44. The van der Waals surface area contributed by atoms with Gasteiger partial charge in [-0.25, -0.2) is 9.78 Å². The highest BCUT2D eigenvalue weighted by atomic mass is 32.1. The summed E-state index contributed by atoms with van der Waals surface area (Å²) in [4.78, 5) is 18.0. The van der Waals surface area contributed by atoms with Gasteiger partial charge in [0, 0.05) is 24.4 Å². The highest BCUT2D eigenvalue weighted by Gasteiger charge is 2.20. The van der Waals surface area contributed by atoms with E-state index in [0.717, 1.165) is 30.1 Å². The zero-order valence-electron chi connectivity index (χ0n) is 7.28. The Kier molecular flexibility index (Phi) is 3.23. The lowest BCUT2D eigenvalue weighted by Crippen LogP contribution is -2.25. The van der Waals surface area contributed by atoms with Gasteiger partial charge in [0.2, 0.25) is 5.01 Å². The standard InChI is InChI=1S/C8H10N2O2S.CH4/c1-10-3-2-5-6(4-10)13-7(9-5)8(11)12;/h2-4H2,1H3,(H,11,12);1H4. The van der Waals surface area contributed by atoms with Crippen molar-refractivity contribution in [3.8, 4) is 0 Å². The van der Waals surface area contributed by atoms with Crippen molar-refractivity contribution < 1.29 is 9.90 Å². The van der Waals surface area contributed by atoms with Gasteiger partial charge in [0.25, 0.3) is 0 Å². The van der Waals surface area contributed by atoms with Crippen LogP contribution in [0, 0.1) is 0 Å². The van der Waals surface area contributed by atoms with Crippen LogP contribution in [-0.2, 0) is 13.0 Å². The Balaban J connectivity index is 0.000000980. The topological polar surface area (TPSA) is 53.4 Å². The van der Waals surface area contributed by atoms with Crippen molar-refractivity contribution in [3.63, 3.8) is 0 Å². The fraction of sp³-hybridized carbons (Fsp3) is 0.556. The largest absolute Gasteiger partial charge is 0.476 e. The van der Waals surface area contributed by atoms with Crippen LogP contribution in [0.2, 0.25) is 0 Å². The minimum absolute atomic E-state index is 0. The maximum atomic E-state index is 10.6. The zero-order chi connectivity index (χ0) is 9.42. The average Bonchev–Trinajstić information content (AvgIpc) is 2.46. The van der Waals surface area contributed by atoms with Gasteiger partial charge in [-0.1, -0.05) is 7.43 Å². The molecule has 0 aromatic carbocycles. The second-order valence-corrected chi connectivity index (χ2v) is 4.27. The van der Waals surface area contributed by atoms with E-state index in [0.29, 0.717) is 0 Å². The Labute approximate surface area is 87.2 Å². The van der Waals surface area contributed by atoms with Crippen LogP contribution in [-0.4, -0.2) is 34.6 Å². The quantitative estimate of drug-likeness (QED) is 0.769. The molecule has 0 saturated carbocycles. The Hall–Kier alpha value is -0.940. The Morgan fingerprint density at radius 3 is 3.00 bits per heavy atom. The molecule has 78 valence electrons. The Morgan fingerprint density at radius 2 is 2.36 bits per heavy atom. The molecule has 0 spiro atoms. The number of likely N-dealkylation sites (N-methyl/N-ethyl adjacent to an activating group) is 1. The second kappa shape index (κ2) is 4.06. The van der Waals surface area contributed by atoms with Gasteiger partial charge >= 0.3 is 5.97 Å². The van der Waals surface area contributed by atoms with E-state index in [-0.39, 0.29) is 12.4 Å². The number of carboxylic acids is 1. The summed E-state index contributed by atoms with van der Waals surface area (Å²) in [6.45, 7) is 1.80. The maximum Gasteiger partial charge on any atom is 0.365 e. The van der Waals surface area contributed by atoms with E-state index in [1.54, 1.807) is 0 Å². The third kappa shape index (κ3) is 1.93. The van der Waals surface area contributed by atoms with E-state index in [4.69, 9.17) is 5.11 Å². The number of rotatable bonds is 1. The minimum Gasteiger partial charge on any atom is -0.476 e. The second-order valence-electron chi connectivity index (χ2n) is 3.18. The number of aromatic nitrogens is 1. The van der Waals surface area contributed by atoms with E-state index < -0.39 is 5.97 Å². The summed E-state index contributed by atoms with van der Waals surface area (Å²) in [5.41, 5.74) is 0.973. The zero-order valence-corrected chi connectivity index (χ0v) is 8.10. The SMILES string of the molecule is C.CN1CCc2nc(C(=O)O)sc2C1. The molecule has 1 N–H and O–H groups in total. The number of carboxylic acid groups (broad SMARTS) is 1. The van der Waals surface area contributed by atoms with Crippen LogP contribution in [0.15, 0.2) is 0 Å². The molecular weight excluding hydrogens is 200 g/mol. The monoisotopic (exact) mass is 214 g/mol. The van der Waals surface area contributed by atoms with Crippen molar-refractivity contribution in [2.75, 3.05) is 13.6 Å². The first-order chi connectivity index (χ1) is 6.16. The molecule has 0 unspecified atom stereocenters. The summed E-state index contributed by atoms with van der Waals surface area (Å²) < 4.78 is 0. The number of aromatic carboxylic acids is 1. The average molecular weight is 214 g/mol. The molecule has 1 aliphatic heterocycles. The van der Waals surface area contributed by atoms with Gasteiger partial charge in [-0.15, -0.1) is 11.3 Å². The third-order valence-corrected chi connectivity index (χ3v) is 3.18. The van der Waals surface area contributed by atoms with Crippen molar-refractivity contribution in [2.45, 2.75) is 20.4 Å². The number of carbonyl (C=O) groups is 1. The Morgan fingerprint density at radius 1 is 1.64 bits per heavy atom. The number of hydrogen-bond donors (Lipinski definition) is 1. The molecule has 0 fully saturated rings. The summed E-state index contributed by atoms with van der Waals surface area (Å²) in [5, 5.41) is 8.96.